The number of methoxy groups -OCH3 is 1. The van der Waals surface area contributed by atoms with Crippen LogP contribution in [0.15, 0.2) is 48.5 Å². The number of para-hydroxylation sites is 1. The minimum absolute atomic E-state index is 0.00537. The highest BCUT2D eigenvalue weighted by molar-refractivity contribution is 5.39. The second kappa shape index (κ2) is 4.94. The topological polar surface area (TPSA) is 44.5 Å². The largest absolute Gasteiger partial charge is 0.497 e. The Morgan fingerprint density at radius 1 is 1.16 bits per heavy atom. The van der Waals surface area contributed by atoms with E-state index in [1.54, 1.807) is 7.11 Å². The van der Waals surface area contributed by atoms with E-state index < -0.39 is 0 Å². The van der Waals surface area contributed by atoms with Gasteiger partial charge in [-0.25, -0.2) is 0 Å². The number of fused-ring (bicyclic) bond motifs is 1. The molecule has 19 heavy (non-hydrogen) atoms. The summed E-state index contributed by atoms with van der Waals surface area (Å²) in [6, 6.07) is 15.8. The van der Waals surface area contributed by atoms with Gasteiger partial charge < -0.3 is 15.2 Å². The molecule has 0 spiro atoms. The van der Waals surface area contributed by atoms with Crippen LogP contribution in [0.5, 0.6) is 11.5 Å². The third-order valence-electron chi connectivity index (χ3n) is 3.57. The number of hydrogen-bond acceptors (Lipinski definition) is 3. The monoisotopic (exact) mass is 255 g/mol. The van der Waals surface area contributed by atoms with Crippen LogP contribution in [0, 0.1) is 0 Å². The Morgan fingerprint density at radius 2 is 1.89 bits per heavy atom. The fourth-order valence-corrected chi connectivity index (χ4v) is 2.45. The van der Waals surface area contributed by atoms with E-state index in [0.29, 0.717) is 0 Å². The molecular weight excluding hydrogens is 238 g/mol. The summed E-state index contributed by atoms with van der Waals surface area (Å²) >= 11 is 0. The molecule has 2 aromatic carbocycles. The Bertz CT molecular complexity index is 540. The molecule has 2 unspecified atom stereocenters. The van der Waals surface area contributed by atoms with Crippen molar-refractivity contribution < 1.29 is 9.47 Å². The molecular formula is C16H17NO2. The van der Waals surface area contributed by atoms with Crippen molar-refractivity contribution in [3.8, 4) is 11.5 Å². The molecule has 0 radical (unpaired) electrons. The Labute approximate surface area is 113 Å². The average Bonchev–Trinajstić information content (AvgIpc) is 2.90. The predicted octanol–water partition coefficient (Wildman–Crippen LogP) is 2.70. The van der Waals surface area contributed by atoms with Crippen molar-refractivity contribution in [1.82, 2.24) is 0 Å². The van der Waals surface area contributed by atoms with E-state index in [4.69, 9.17) is 15.2 Å². The lowest BCUT2D eigenvalue weighted by molar-refractivity contribution is 0.199. The zero-order valence-electron chi connectivity index (χ0n) is 10.9. The molecule has 98 valence electrons. The van der Waals surface area contributed by atoms with E-state index in [2.05, 4.69) is 6.07 Å². The molecule has 1 aliphatic heterocycles. The molecule has 1 heterocycles. The quantitative estimate of drug-likeness (QED) is 0.917. The summed E-state index contributed by atoms with van der Waals surface area (Å²) in [7, 11) is 1.66. The minimum Gasteiger partial charge on any atom is -0.497 e. The van der Waals surface area contributed by atoms with Crippen molar-refractivity contribution in [1.29, 1.82) is 0 Å². The van der Waals surface area contributed by atoms with Gasteiger partial charge in [0.05, 0.1) is 13.2 Å². The van der Waals surface area contributed by atoms with Gasteiger partial charge in [0.2, 0.25) is 0 Å². The molecule has 0 saturated carbocycles. The van der Waals surface area contributed by atoms with Crippen LogP contribution >= 0.6 is 0 Å². The molecule has 0 aromatic heterocycles. The average molecular weight is 255 g/mol. The van der Waals surface area contributed by atoms with Crippen molar-refractivity contribution in [2.45, 2.75) is 18.6 Å². The first-order chi connectivity index (χ1) is 9.28. The number of hydrogen-bond donors (Lipinski definition) is 1. The molecule has 3 rings (SSSR count). The van der Waals surface area contributed by atoms with Crippen molar-refractivity contribution in [3.63, 3.8) is 0 Å². The van der Waals surface area contributed by atoms with E-state index in [1.165, 1.54) is 5.56 Å². The summed E-state index contributed by atoms with van der Waals surface area (Å²) in [5.74, 6) is 1.79. The van der Waals surface area contributed by atoms with Gasteiger partial charge in [-0.1, -0.05) is 30.3 Å². The third kappa shape index (κ3) is 2.29. The first-order valence-corrected chi connectivity index (χ1v) is 6.42. The Balaban J connectivity index is 1.77. The van der Waals surface area contributed by atoms with Gasteiger partial charge in [-0.05, 0) is 29.3 Å². The van der Waals surface area contributed by atoms with Gasteiger partial charge in [-0.15, -0.1) is 0 Å². The molecule has 3 heteroatoms. The molecule has 0 bridgehead atoms. The number of ether oxygens (including phenoxy) is 2. The Hall–Kier alpha value is -2.00. The van der Waals surface area contributed by atoms with Crippen LogP contribution < -0.4 is 15.2 Å². The SMILES string of the molecule is COc1ccc(C(N)C2Cc3ccccc3O2)cc1. The summed E-state index contributed by atoms with van der Waals surface area (Å²) in [5, 5.41) is 0. The smallest absolute Gasteiger partial charge is 0.123 e. The second-order valence-corrected chi connectivity index (χ2v) is 4.77. The van der Waals surface area contributed by atoms with Crippen LogP contribution in [0.4, 0.5) is 0 Å². The fourth-order valence-electron chi connectivity index (χ4n) is 2.45. The first kappa shape index (κ1) is 12.1. The summed E-state index contributed by atoms with van der Waals surface area (Å²) in [6.45, 7) is 0. The highest BCUT2D eigenvalue weighted by Gasteiger charge is 2.28. The number of rotatable bonds is 3. The van der Waals surface area contributed by atoms with E-state index in [1.807, 2.05) is 42.5 Å². The zero-order chi connectivity index (χ0) is 13.2. The predicted molar refractivity (Wildman–Crippen MR) is 74.5 cm³/mol. The van der Waals surface area contributed by atoms with Crippen LogP contribution in [-0.4, -0.2) is 13.2 Å². The van der Waals surface area contributed by atoms with Gasteiger partial charge >= 0.3 is 0 Å². The zero-order valence-corrected chi connectivity index (χ0v) is 10.9. The first-order valence-electron chi connectivity index (χ1n) is 6.42. The summed E-state index contributed by atoms with van der Waals surface area (Å²) in [5.41, 5.74) is 8.61. The van der Waals surface area contributed by atoms with Crippen molar-refractivity contribution >= 4 is 0 Å². The van der Waals surface area contributed by atoms with Crippen LogP contribution in [0.1, 0.15) is 17.2 Å². The van der Waals surface area contributed by atoms with Crippen LogP contribution in [0.3, 0.4) is 0 Å². The van der Waals surface area contributed by atoms with E-state index >= 15 is 0 Å². The van der Waals surface area contributed by atoms with Crippen LogP contribution in [0.2, 0.25) is 0 Å². The van der Waals surface area contributed by atoms with E-state index in [9.17, 15) is 0 Å². The van der Waals surface area contributed by atoms with Gasteiger partial charge in [-0.2, -0.15) is 0 Å². The highest BCUT2D eigenvalue weighted by Crippen LogP contribution is 2.33. The van der Waals surface area contributed by atoms with E-state index in [0.717, 1.165) is 23.5 Å². The maximum atomic E-state index is 6.31. The minimum atomic E-state index is -0.127. The van der Waals surface area contributed by atoms with Crippen molar-refractivity contribution in [2.75, 3.05) is 7.11 Å². The Morgan fingerprint density at radius 3 is 2.58 bits per heavy atom. The molecule has 0 saturated heterocycles. The fraction of sp³-hybridized carbons (Fsp3) is 0.250. The summed E-state index contributed by atoms with van der Waals surface area (Å²) < 4.78 is 11.1. The molecule has 2 N–H and O–H groups in total. The maximum absolute atomic E-state index is 6.31. The third-order valence-corrected chi connectivity index (χ3v) is 3.57. The maximum Gasteiger partial charge on any atom is 0.123 e. The molecule has 0 amide bonds. The normalized spacial score (nSPS) is 18.5. The van der Waals surface area contributed by atoms with Gasteiger partial charge in [-0.3, -0.25) is 0 Å². The molecule has 3 nitrogen and oxygen atoms in total. The van der Waals surface area contributed by atoms with Crippen molar-refractivity contribution in [3.05, 3.63) is 59.7 Å². The van der Waals surface area contributed by atoms with E-state index in [-0.39, 0.29) is 12.1 Å². The second-order valence-electron chi connectivity index (χ2n) is 4.77. The van der Waals surface area contributed by atoms with Gasteiger partial charge in [0.15, 0.2) is 0 Å². The van der Waals surface area contributed by atoms with Gasteiger partial charge in [0, 0.05) is 6.42 Å². The molecule has 0 fully saturated rings. The lowest BCUT2D eigenvalue weighted by Crippen LogP contribution is -2.29. The highest BCUT2D eigenvalue weighted by atomic mass is 16.5. The standard InChI is InChI=1S/C16H17NO2/c1-18-13-8-6-11(7-9-13)16(17)15-10-12-4-2-3-5-14(12)19-15/h2-9,15-16H,10,17H2,1H3. The molecule has 2 atom stereocenters. The van der Waals surface area contributed by atoms with Crippen molar-refractivity contribution in [2.24, 2.45) is 5.73 Å². The molecule has 2 aromatic rings. The van der Waals surface area contributed by atoms with Crippen LogP contribution in [0.25, 0.3) is 0 Å². The number of nitrogens with two attached hydrogens (primary N) is 1. The van der Waals surface area contributed by atoms with Gasteiger partial charge in [0.1, 0.15) is 17.6 Å². The molecule has 1 aliphatic rings. The van der Waals surface area contributed by atoms with Crippen LogP contribution in [-0.2, 0) is 6.42 Å². The van der Waals surface area contributed by atoms with Gasteiger partial charge in [0.25, 0.3) is 0 Å². The molecule has 0 aliphatic carbocycles. The summed E-state index contributed by atoms with van der Waals surface area (Å²) in [4.78, 5) is 0. The lowest BCUT2D eigenvalue weighted by Gasteiger charge is -2.19. The summed E-state index contributed by atoms with van der Waals surface area (Å²) in [6.07, 6.45) is 0.870. The lowest BCUT2D eigenvalue weighted by atomic mass is 9.98. The number of benzene rings is 2. The Kier molecular flexibility index (Phi) is 3.13.